The van der Waals surface area contributed by atoms with Crippen LogP contribution in [0.5, 0.6) is 0 Å². The van der Waals surface area contributed by atoms with Crippen LogP contribution in [0.4, 0.5) is 5.69 Å². The molecule has 0 bridgehead atoms. The second-order valence-corrected chi connectivity index (χ2v) is 8.73. The molecule has 2 aromatic carbocycles. The maximum absolute atomic E-state index is 12.8. The third kappa shape index (κ3) is 4.11. The third-order valence-corrected chi connectivity index (χ3v) is 6.45. The minimum atomic E-state index is -0.986. The van der Waals surface area contributed by atoms with Gasteiger partial charge in [-0.2, -0.15) is 0 Å². The Morgan fingerprint density at radius 3 is 2.31 bits per heavy atom. The van der Waals surface area contributed by atoms with E-state index in [2.05, 4.69) is 53.7 Å². The number of benzene rings is 2. The fourth-order valence-corrected chi connectivity index (χ4v) is 4.58. The normalized spacial score (nSPS) is 16.4. The summed E-state index contributed by atoms with van der Waals surface area (Å²) in [7, 11) is 1.69. The van der Waals surface area contributed by atoms with E-state index < -0.39 is 5.97 Å². The second kappa shape index (κ2) is 8.51. The Hall–Kier alpha value is -3.58. The van der Waals surface area contributed by atoms with Crippen LogP contribution in [0.3, 0.4) is 0 Å². The van der Waals surface area contributed by atoms with Crippen molar-refractivity contribution in [3.8, 4) is 5.69 Å². The first-order valence-electron chi connectivity index (χ1n) is 10.1. The summed E-state index contributed by atoms with van der Waals surface area (Å²) in [5.74, 6) is -1.10. The van der Waals surface area contributed by atoms with E-state index >= 15 is 0 Å². The summed E-state index contributed by atoms with van der Waals surface area (Å²) in [6, 6.07) is 16.7. The number of hydrogen-bond donors (Lipinski definition) is 1. The molecular weight excluding hydrogens is 422 g/mol. The molecule has 1 saturated heterocycles. The van der Waals surface area contributed by atoms with Crippen molar-refractivity contribution in [2.75, 3.05) is 7.05 Å². The maximum atomic E-state index is 12.8. The zero-order valence-corrected chi connectivity index (χ0v) is 19.1. The Balaban J connectivity index is 1.64. The van der Waals surface area contributed by atoms with Crippen LogP contribution in [0.2, 0.25) is 0 Å². The molecule has 0 saturated carbocycles. The van der Waals surface area contributed by atoms with Crippen molar-refractivity contribution < 1.29 is 14.7 Å². The summed E-state index contributed by atoms with van der Waals surface area (Å²) in [4.78, 5) is 30.5. The molecule has 32 heavy (non-hydrogen) atoms. The summed E-state index contributed by atoms with van der Waals surface area (Å²) >= 11 is 1.31. The summed E-state index contributed by atoms with van der Waals surface area (Å²) in [6.45, 7) is 6.17. The molecule has 2 heterocycles. The van der Waals surface area contributed by atoms with Crippen molar-refractivity contribution in [3.05, 3.63) is 87.6 Å². The highest BCUT2D eigenvalue weighted by molar-refractivity contribution is 8.18. The molecule has 1 amide bonds. The predicted molar refractivity (Wildman–Crippen MR) is 129 cm³/mol. The Morgan fingerprint density at radius 1 is 1.03 bits per heavy atom. The molecule has 3 aromatic rings. The lowest BCUT2D eigenvalue weighted by Crippen LogP contribution is -2.23. The number of nitrogens with zero attached hydrogens (tertiary/aromatic N) is 3. The van der Waals surface area contributed by atoms with Crippen molar-refractivity contribution in [2.45, 2.75) is 20.8 Å². The highest BCUT2D eigenvalue weighted by Gasteiger charge is 2.30. The van der Waals surface area contributed by atoms with Gasteiger partial charge in [0.05, 0.1) is 16.2 Å². The van der Waals surface area contributed by atoms with Crippen LogP contribution >= 0.6 is 11.8 Å². The molecule has 6 nitrogen and oxygen atoms in total. The number of aliphatic imine (C=N–C) groups is 1. The van der Waals surface area contributed by atoms with E-state index in [-0.39, 0.29) is 11.5 Å². The van der Waals surface area contributed by atoms with Crippen LogP contribution in [0.1, 0.15) is 32.9 Å². The van der Waals surface area contributed by atoms with Crippen molar-refractivity contribution in [1.29, 1.82) is 0 Å². The van der Waals surface area contributed by atoms with Crippen LogP contribution in [0.15, 0.2) is 64.5 Å². The Kier molecular flexibility index (Phi) is 5.76. The molecule has 4 rings (SSSR count). The number of amidine groups is 1. The first-order valence-corrected chi connectivity index (χ1v) is 10.9. The van der Waals surface area contributed by atoms with Gasteiger partial charge in [-0.05, 0) is 86.6 Å². The number of aryl methyl sites for hydroxylation is 2. The Labute approximate surface area is 190 Å². The third-order valence-electron chi connectivity index (χ3n) is 5.39. The van der Waals surface area contributed by atoms with E-state index in [0.29, 0.717) is 15.8 Å². The molecule has 7 heteroatoms. The van der Waals surface area contributed by atoms with Crippen LogP contribution < -0.4 is 0 Å². The topological polar surface area (TPSA) is 74.9 Å². The lowest BCUT2D eigenvalue weighted by atomic mass is 10.2. The number of aromatic carboxylic acids is 1. The average molecular weight is 446 g/mol. The molecule has 0 unspecified atom stereocenters. The average Bonchev–Trinajstić information content (AvgIpc) is 3.19. The molecule has 0 radical (unpaired) electrons. The fraction of sp³-hybridized carbons (Fsp3) is 0.160. The molecule has 1 fully saturated rings. The highest BCUT2D eigenvalue weighted by atomic mass is 32.2. The number of hydrogen-bond acceptors (Lipinski definition) is 4. The predicted octanol–water partition coefficient (Wildman–Crippen LogP) is 5.33. The van der Waals surface area contributed by atoms with Gasteiger partial charge in [0.25, 0.3) is 5.91 Å². The minimum absolute atomic E-state index is 0.115. The molecular formula is C25H23N3O3S. The number of carboxylic acids is 1. The number of thioether (sulfide) groups is 1. The van der Waals surface area contributed by atoms with Crippen LogP contribution in [0, 0.1) is 20.8 Å². The van der Waals surface area contributed by atoms with Gasteiger partial charge in [0, 0.05) is 24.1 Å². The molecule has 1 aliphatic rings. The Bertz CT molecular complexity index is 1270. The van der Waals surface area contributed by atoms with E-state index in [1.807, 2.05) is 13.0 Å². The standard InChI is InChI=1S/C25H23N3O3S/c1-15-5-11-21(12-6-15)28-16(2)13-19(17(28)3)14-22-23(29)27(4)25(32-22)26-20-9-7-18(8-10-20)24(30)31/h5-14H,1-4H3,(H,30,31)/b22-14-,26-25?. The van der Waals surface area contributed by atoms with Gasteiger partial charge >= 0.3 is 5.97 Å². The Morgan fingerprint density at radius 2 is 1.69 bits per heavy atom. The van der Waals surface area contributed by atoms with Gasteiger partial charge in [0.2, 0.25) is 0 Å². The number of aromatic nitrogens is 1. The fourth-order valence-electron chi connectivity index (χ4n) is 3.61. The zero-order valence-electron chi connectivity index (χ0n) is 18.3. The summed E-state index contributed by atoms with van der Waals surface area (Å²) < 4.78 is 2.18. The van der Waals surface area contributed by atoms with Gasteiger partial charge in [-0.1, -0.05) is 17.7 Å². The minimum Gasteiger partial charge on any atom is -0.478 e. The monoisotopic (exact) mass is 445 g/mol. The van der Waals surface area contributed by atoms with Crippen molar-refractivity contribution in [3.63, 3.8) is 0 Å². The highest BCUT2D eigenvalue weighted by Crippen LogP contribution is 2.34. The van der Waals surface area contributed by atoms with E-state index in [0.717, 1.165) is 22.6 Å². The van der Waals surface area contributed by atoms with Crippen molar-refractivity contribution >= 4 is 40.6 Å². The number of carbonyl (C=O) groups excluding carboxylic acids is 1. The number of likely N-dealkylation sites (N-methyl/N-ethyl adjacent to an activating group) is 1. The summed E-state index contributed by atoms with van der Waals surface area (Å²) in [6.07, 6.45) is 1.91. The number of rotatable bonds is 4. The van der Waals surface area contributed by atoms with Crippen LogP contribution in [-0.2, 0) is 4.79 Å². The quantitative estimate of drug-likeness (QED) is 0.551. The van der Waals surface area contributed by atoms with E-state index in [1.165, 1.54) is 34.4 Å². The first-order chi connectivity index (χ1) is 15.2. The van der Waals surface area contributed by atoms with Gasteiger partial charge in [-0.25, -0.2) is 9.79 Å². The number of amides is 1. The van der Waals surface area contributed by atoms with Gasteiger partial charge in [-0.3, -0.25) is 9.69 Å². The maximum Gasteiger partial charge on any atom is 0.335 e. The smallest absolute Gasteiger partial charge is 0.335 e. The molecule has 162 valence electrons. The molecule has 1 aromatic heterocycles. The van der Waals surface area contributed by atoms with Crippen LogP contribution in [-0.4, -0.2) is 38.7 Å². The van der Waals surface area contributed by atoms with Crippen molar-refractivity contribution in [2.24, 2.45) is 4.99 Å². The molecule has 1 aliphatic heterocycles. The molecule has 0 aliphatic carbocycles. The second-order valence-electron chi connectivity index (χ2n) is 7.72. The zero-order chi connectivity index (χ0) is 23.0. The van der Waals surface area contributed by atoms with Gasteiger partial charge < -0.3 is 9.67 Å². The van der Waals surface area contributed by atoms with E-state index in [9.17, 15) is 9.59 Å². The summed E-state index contributed by atoms with van der Waals surface area (Å²) in [5.41, 5.74) is 6.22. The van der Waals surface area contributed by atoms with E-state index in [4.69, 9.17) is 5.11 Å². The van der Waals surface area contributed by atoms with Crippen molar-refractivity contribution in [1.82, 2.24) is 9.47 Å². The SMILES string of the molecule is Cc1ccc(-n2c(C)cc(/C=C3\SC(=Nc4ccc(C(=O)O)cc4)N(C)C3=O)c2C)cc1. The van der Waals surface area contributed by atoms with E-state index in [1.54, 1.807) is 19.2 Å². The number of carboxylic acid groups (broad SMARTS) is 1. The molecule has 1 N–H and O–H groups in total. The largest absolute Gasteiger partial charge is 0.478 e. The molecule has 0 spiro atoms. The van der Waals surface area contributed by atoms with Gasteiger partial charge in [-0.15, -0.1) is 0 Å². The van der Waals surface area contributed by atoms with Gasteiger partial charge in [0.1, 0.15) is 0 Å². The first kappa shape index (κ1) is 21.6. The van der Waals surface area contributed by atoms with Gasteiger partial charge in [0.15, 0.2) is 5.17 Å². The number of carbonyl (C=O) groups is 2. The molecule has 0 atom stereocenters. The van der Waals surface area contributed by atoms with Crippen LogP contribution in [0.25, 0.3) is 11.8 Å². The summed E-state index contributed by atoms with van der Waals surface area (Å²) in [5, 5.41) is 9.59. The lowest BCUT2D eigenvalue weighted by Gasteiger charge is -2.10. The lowest BCUT2D eigenvalue weighted by molar-refractivity contribution is -0.121.